The van der Waals surface area contributed by atoms with Gasteiger partial charge in [-0.15, -0.1) is 0 Å². The third kappa shape index (κ3) is 3.61. The quantitative estimate of drug-likeness (QED) is 0.796. The molecule has 0 aromatic heterocycles. The second-order valence-electron chi connectivity index (χ2n) is 4.71. The lowest BCUT2D eigenvalue weighted by Gasteiger charge is -2.34. The highest BCUT2D eigenvalue weighted by Gasteiger charge is 2.17. The highest BCUT2D eigenvalue weighted by molar-refractivity contribution is 6.31. The molecule has 5 heteroatoms. The van der Waals surface area contributed by atoms with Crippen molar-refractivity contribution in [3.63, 3.8) is 0 Å². The van der Waals surface area contributed by atoms with Gasteiger partial charge in [-0.05, 0) is 32.2 Å². The summed E-state index contributed by atoms with van der Waals surface area (Å²) in [4.78, 5) is 16.3. The Hall–Kier alpha value is -1.26. The van der Waals surface area contributed by atoms with Crippen LogP contribution in [0.25, 0.3) is 0 Å². The number of carbonyl (C=O) groups excluding carboxylic acids is 1. The van der Waals surface area contributed by atoms with E-state index in [4.69, 9.17) is 16.3 Å². The van der Waals surface area contributed by atoms with Crippen molar-refractivity contribution in [3.05, 3.63) is 28.8 Å². The molecule has 4 nitrogen and oxygen atoms in total. The van der Waals surface area contributed by atoms with Crippen LogP contribution < -0.4 is 4.90 Å². The van der Waals surface area contributed by atoms with Gasteiger partial charge in [0.05, 0.1) is 12.2 Å². The monoisotopic (exact) mass is 282 g/mol. The summed E-state index contributed by atoms with van der Waals surface area (Å²) in [7, 11) is 2.11. The first-order valence-electron chi connectivity index (χ1n) is 6.51. The van der Waals surface area contributed by atoms with Crippen LogP contribution in [0.15, 0.2) is 18.2 Å². The topological polar surface area (TPSA) is 32.8 Å². The number of esters is 1. The zero-order valence-corrected chi connectivity index (χ0v) is 12.1. The van der Waals surface area contributed by atoms with Crippen molar-refractivity contribution in [3.8, 4) is 0 Å². The van der Waals surface area contributed by atoms with E-state index in [2.05, 4.69) is 16.8 Å². The van der Waals surface area contributed by atoms with Crippen molar-refractivity contribution >= 4 is 23.3 Å². The zero-order valence-electron chi connectivity index (χ0n) is 11.4. The van der Waals surface area contributed by atoms with Gasteiger partial charge in [0.15, 0.2) is 0 Å². The minimum absolute atomic E-state index is 0.319. The molecule has 1 saturated heterocycles. The molecule has 1 aromatic carbocycles. The number of hydrogen-bond donors (Lipinski definition) is 0. The minimum atomic E-state index is -0.319. The van der Waals surface area contributed by atoms with Crippen molar-refractivity contribution < 1.29 is 9.53 Å². The molecule has 2 rings (SSSR count). The molecule has 0 spiro atoms. The largest absolute Gasteiger partial charge is 0.462 e. The lowest BCUT2D eigenvalue weighted by molar-refractivity contribution is 0.0526. The van der Waals surface area contributed by atoms with Crippen LogP contribution in [0.3, 0.4) is 0 Å². The molecule has 0 radical (unpaired) electrons. The molecule has 1 aliphatic heterocycles. The van der Waals surface area contributed by atoms with Crippen LogP contribution in [0.1, 0.15) is 17.3 Å². The highest BCUT2D eigenvalue weighted by Crippen LogP contribution is 2.24. The molecule has 1 aliphatic rings. The molecule has 0 aliphatic carbocycles. The maximum atomic E-state index is 11.8. The summed E-state index contributed by atoms with van der Waals surface area (Å²) in [6.07, 6.45) is 0. The predicted octanol–water partition coefficient (Wildman–Crippen LogP) is 2.27. The summed E-state index contributed by atoms with van der Waals surface area (Å²) in [5.41, 5.74) is 1.51. The first-order chi connectivity index (χ1) is 9.10. The van der Waals surface area contributed by atoms with Crippen molar-refractivity contribution in [1.82, 2.24) is 4.90 Å². The predicted molar refractivity (Wildman–Crippen MR) is 77.1 cm³/mol. The van der Waals surface area contributed by atoms with E-state index in [-0.39, 0.29) is 5.97 Å². The molecule has 0 unspecified atom stereocenters. The number of rotatable bonds is 3. The summed E-state index contributed by atoms with van der Waals surface area (Å²) in [5, 5.41) is 0.569. The Morgan fingerprint density at radius 1 is 1.26 bits per heavy atom. The number of carbonyl (C=O) groups is 1. The first kappa shape index (κ1) is 14.2. The van der Waals surface area contributed by atoms with Crippen LogP contribution in [0.4, 0.5) is 5.69 Å². The molecule has 104 valence electrons. The molecule has 0 saturated carbocycles. The van der Waals surface area contributed by atoms with Crippen LogP contribution in [0.5, 0.6) is 0 Å². The molecule has 1 fully saturated rings. The van der Waals surface area contributed by atoms with Crippen LogP contribution in [0, 0.1) is 0 Å². The van der Waals surface area contributed by atoms with E-state index in [0.29, 0.717) is 17.2 Å². The maximum Gasteiger partial charge on any atom is 0.338 e. The lowest BCUT2D eigenvalue weighted by atomic mass is 10.1. The fraction of sp³-hybridized carbons (Fsp3) is 0.500. The lowest BCUT2D eigenvalue weighted by Crippen LogP contribution is -2.44. The van der Waals surface area contributed by atoms with Gasteiger partial charge in [0.1, 0.15) is 0 Å². The fourth-order valence-electron chi connectivity index (χ4n) is 2.15. The minimum Gasteiger partial charge on any atom is -0.462 e. The second kappa shape index (κ2) is 6.26. The average molecular weight is 283 g/mol. The van der Waals surface area contributed by atoms with Crippen molar-refractivity contribution in [1.29, 1.82) is 0 Å². The molecule has 0 N–H and O–H groups in total. The van der Waals surface area contributed by atoms with Crippen LogP contribution in [-0.2, 0) is 4.74 Å². The number of likely N-dealkylation sites (N-methyl/N-ethyl adjacent to an activating group) is 1. The molecule has 0 atom stereocenters. The number of piperazine rings is 1. The van der Waals surface area contributed by atoms with E-state index < -0.39 is 0 Å². The number of ether oxygens (including phenoxy) is 1. The number of anilines is 1. The standard InChI is InChI=1S/C14H19ClN2O2/c1-3-19-14(18)11-8-12(15)10-13(9-11)17-6-4-16(2)5-7-17/h8-10H,3-7H2,1-2H3. The molecule has 1 aromatic rings. The fourth-order valence-corrected chi connectivity index (χ4v) is 2.38. The van der Waals surface area contributed by atoms with E-state index in [9.17, 15) is 4.79 Å². The van der Waals surface area contributed by atoms with Crippen LogP contribution >= 0.6 is 11.6 Å². The number of nitrogens with zero attached hydrogens (tertiary/aromatic N) is 2. The van der Waals surface area contributed by atoms with Gasteiger partial charge in [-0.25, -0.2) is 4.79 Å². The Morgan fingerprint density at radius 3 is 2.58 bits per heavy atom. The smallest absolute Gasteiger partial charge is 0.338 e. The Balaban J connectivity index is 2.19. The summed E-state index contributed by atoms with van der Waals surface area (Å²) >= 11 is 6.10. The van der Waals surface area contributed by atoms with Crippen LogP contribution in [-0.4, -0.2) is 50.7 Å². The molecule has 19 heavy (non-hydrogen) atoms. The zero-order chi connectivity index (χ0) is 13.8. The maximum absolute atomic E-state index is 11.8. The molecule has 0 amide bonds. The second-order valence-corrected chi connectivity index (χ2v) is 5.15. The van der Waals surface area contributed by atoms with Gasteiger partial charge in [0.25, 0.3) is 0 Å². The molecule has 1 heterocycles. The third-order valence-corrected chi connectivity index (χ3v) is 3.48. The van der Waals surface area contributed by atoms with Gasteiger partial charge in [0, 0.05) is 36.9 Å². The van der Waals surface area contributed by atoms with E-state index >= 15 is 0 Å². The van der Waals surface area contributed by atoms with Crippen molar-refractivity contribution in [2.75, 3.05) is 44.7 Å². The molecular weight excluding hydrogens is 264 g/mol. The number of hydrogen-bond acceptors (Lipinski definition) is 4. The first-order valence-corrected chi connectivity index (χ1v) is 6.89. The number of benzene rings is 1. The molecular formula is C14H19ClN2O2. The van der Waals surface area contributed by atoms with Gasteiger partial charge in [-0.3, -0.25) is 0 Å². The highest BCUT2D eigenvalue weighted by atomic mass is 35.5. The van der Waals surface area contributed by atoms with Crippen LogP contribution in [0.2, 0.25) is 5.02 Å². The third-order valence-electron chi connectivity index (χ3n) is 3.26. The van der Waals surface area contributed by atoms with Gasteiger partial charge in [0.2, 0.25) is 0 Å². The average Bonchev–Trinajstić information content (AvgIpc) is 2.39. The van der Waals surface area contributed by atoms with Gasteiger partial charge in [-0.2, -0.15) is 0 Å². The van der Waals surface area contributed by atoms with E-state index in [0.717, 1.165) is 31.9 Å². The number of halogens is 1. The summed E-state index contributed by atoms with van der Waals surface area (Å²) < 4.78 is 5.02. The SMILES string of the molecule is CCOC(=O)c1cc(Cl)cc(N2CCN(C)CC2)c1. The van der Waals surface area contributed by atoms with Crippen molar-refractivity contribution in [2.24, 2.45) is 0 Å². The van der Waals surface area contributed by atoms with E-state index in [1.165, 1.54) is 0 Å². The van der Waals surface area contributed by atoms with Crippen molar-refractivity contribution in [2.45, 2.75) is 6.92 Å². The Bertz CT molecular complexity index is 457. The van der Waals surface area contributed by atoms with Gasteiger partial charge in [-0.1, -0.05) is 11.6 Å². The van der Waals surface area contributed by atoms with Gasteiger partial charge < -0.3 is 14.5 Å². The van der Waals surface area contributed by atoms with E-state index in [1.807, 2.05) is 12.1 Å². The summed E-state index contributed by atoms with van der Waals surface area (Å²) in [6.45, 7) is 6.08. The summed E-state index contributed by atoms with van der Waals surface area (Å²) in [6, 6.07) is 5.41. The molecule has 0 bridgehead atoms. The Kier molecular flexibility index (Phi) is 4.66. The Labute approximate surface area is 118 Å². The Morgan fingerprint density at radius 2 is 1.95 bits per heavy atom. The van der Waals surface area contributed by atoms with E-state index in [1.54, 1.807) is 13.0 Å². The normalized spacial score (nSPS) is 16.5. The summed E-state index contributed by atoms with van der Waals surface area (Å²) in [5.74, 6) is -0.319. The van der Waals surface area contributed by atoms with Gasteiger partial charge >= 0.3 is 5.97 Å².